The van der Waals surface area contributed by atoms with Gasteiger partial charge < -0.3 is 14.9 Å². The minimum atomic E-state index is -0.206. The van der Waals surface area contributed by atoms with E-state index in [4.69, 9.17) is 15.3 Å². The molecule has 0 aromatic carbocycles. The predicted octanol–water partition coefficient (Wildman–Crippen LogP) is 2.22. The van der Waals surface area contributed by atoms with Gasteiger partial charge >= 0.3 is 0 Å². The number of ether oxygens (including phenoxy) is 2. The van der Waals surface area contributed by atoms with Crippen LogP contribution in [-0.2, 0) is 11.2 Å². The number of hydrazine groups is 1. The molecule has 1 aromatic heterocycles. The van der Waals surface area contributed by atoms with Gasteiger partial charge in [0.1, 0.15) is 11.6 Å². The van der Waals surface area contributed by atoms with E-state index in [1.165, 1.54) is 0 Å². The number of aryl methyl sites for hydroxylation is 1. The van der Waals surface area contributed by atoms with Crippen LogP contribution in [0.25, 0.3) is 0 Å². The normalized spacial score (nSPS) is 11.5. The van der Waals surface area contributed by atoms with Gasteiger partial charge in [-0.15, -0.1) is 0 Å². The third-order valence-electron chi connectivity index (χ3n) is 3.25. The highest BCUT2D eigenvalue weighted by Gasteiger charge is 2.17. The van der Waals surface area contributed by atoms with E-state index >= 15 is 0 Å². The van der Waals surface area contributed by atoms with Gasteiger partial charge in [0.05, 0.1) is 17.8 Å². The Labute approximate surface area is 121 Å². The monoisotopic (exact) mass is 282 g/mol. The molecule has 0 aliphatic heterocycles. The Bertz CT molecular complexity index is 435. The van der Waals surface area contributed by atoms with Crippen molar-refractivity contribution in [2.24, 2.45) is 5.84 Å². The van der Waals surface area contributed by atoms with Crippen molar-refractivity contribution < 1.29 is 9.47 Å². The van der Waals surface area contributed by atoms with Crippen LogP contribution in [0.3, 0.4) is 0 Å². The highest BCUT2D eigenvalue weighted by molar-refractivity contribution is 5.47. The van der Waals surface area contributed by atoms with E-state index in [-0.39, 0.29) is 5.60 Å². The van der Waals surface area contributed by atoms with Crippen LogP contribution < -0.4 is 16.0 Å². The molecule has 1 rings (SSSR count). The second kappa shape index (κ2) is 7.40. The van der Waals surface area contributed by atoms with Crippen LogP contribution in [0, 0.1) is 6.92 Å². The molecule has 114 valence electrons. The van der Waals surface area contributed by atoms with E-state index in [9.17, 15) is 0 Å². The second-order valence-electron chi connectivity index (χ2n) is 5.38. The van der Waals surface area contributed by atoms with Gasteiger partial charge in [0, 0.05) is 20.0 Å². The molecule has 0 amide bonds. The molecule has 1 heterocycles. The molecule has 0 aliphatic rings. The first-order chi connectivity index (χ1) is 9.43. The van der Waals surface area contributed by atoms with Crippen molar-refractivity contribution in [1.29, 1.82) is 0 Å². The number of rotatable bonds is 8. The zero-order valence-electron chi connectivity index (χ0n) is 13.1. The Kier molecular flexibility index (Phi) is 6.16. The van der Waals surface area contributed by atoms with Crippen molar-refractivity contribution in [2.75, 3.05) is 19.1 Å². The van der Waals surface area contributed by atoms with Crippen molar-refractivity contribution in [3.05, 3.63) is 11.4 Å². The zero-order chi connectivity index (χ0) is 15.2. The third-order valence-corrected chi connectivity index (χ3v) is 3.25. The maximum Gasteiger partial charge on any atom is 0.221 e. The van der Waals surface area contributed by atoms with Crippen molar-refractivity contribution >= 4 is 5.82 Å². The third kappa shape index (κ3) is 4.61. The highest BCUT2D eigenvalue weighted by atomic mass is 16.5. The van der Waals surface area contributed by atoms with E-state index in [2.05, 4.69) is 22.3 Å². The summed E-state index contributed by atoms with van der Waals surface area (Å²) in [5.41, 5.74) is 3.21. The van der Waals surface area contributed by atoms with Gasteiger partial charge in [-0.1, -0.05) is 6.92 Å². The lowest BCUT2D eigenvalue weighted by Crippen LogP contribution is -2.25. The Morgan fingerprint density at radius 1 is 1.30 bits per heavy atom. The molecule has 0 saturated heterocycles. The summed E-state index contributed by atoms with van der Waals surface area (Å²) < 4.78 is 11.1. The number of nitrogen functional groups attached to an aromatic ring is 1. The molecule has 6 heteroatoms. The van der Waals surface area contributed by atoms with Crippen molar-refractivity contribution in [1.82, 2.24) is 9.97 Å². The van der Waals surface area contributed by atoms with Crippen LogP contribution in [0.15, 0.2) is 0 Å². The number of nitrogens with two attached hydrogens (primary N) is 1. The Balaban J connectivity index is 2.80. The molecule has 0 bridgehead atoms. The Morgan fingerprint density at radius 2 is 2.00 bits per heavy atom. The van der Waals surface area contributed by atoms with Crippen molar-refractivity contribution in [3.8, 4) is 5.88 Å². The Hall–Kier alpha value is -1.40. The lowest BCUT2D eigenvalue weighted by atomic mass is 10.1. The SMILES string of the molecule is CCCc1nc(NN)c(C)c(OCCC(C)(C)OC)n1. The average molecular weight is 282 g/mol. The molecule has 0 saturated carbocycles. The maximum atomic E-state index is 5.78. The zero-order valence-corrected chi connectivity index (χ0v) is 13.1. The minimum absolute atomic E-state index is 0.206. The molecular formula is C14H26N4O2. The number of aromatic nitrogens is 2. The molecule has 0 radical (unpaired) electrons. The van der Waals surface area contributed by atoms with Gasteiger partial charge in [0.15, 0.2) is 0 Å². The number of nitrogens with zero attached hydrogens (tertiary/aromatic N) is 2. The molecule has 0 spiro atoms. The molecule has 0 unspecified atom stereocenters. The molecule has 6 nitrogen and oxygen atoms in total. The summed E-state index contributed by atoms with van der Waals surface area (Å²) in [5, 5.41) is 0. The van der Waals surface area contributed by atoms with Crippen LogP contribution >= 0.6 is 0 Å². The van der Waals surface area contributed by atoms with E-state index in [1.54, 1.807) is 7.11 Å². The number of nitrogens with one attached hydrogen (secondary N) is 1. The number of hydrogen-bond acceptors (Lipinski definition) is 6. The summed E-state index contributed by atoms with van der Waals surface area (Å²) in [5.74, 6) is 7.43. The van der Waals surface area contributed by atoms with E-state index < -0.39 is 0 Å². The molecule has 20 heavy (non-hydrogen) atoms. The van der Waals surface area contributed by atoms with Crippen molar-refractivity contribution in [2.45, 2.75) is 52.6 Å². The first-order valence-corrected chi connectivity index (χ1v) is 6.95. The maximum absolute atomic E-state index is 5.78. The molecule has 0 atom stereocenters. The fourth-order valence-electron chi connectivity index (χ4n) is 1.65. The fraction of sp³-hybridized carbons (Fsp3) is 0.714. The van der Waals surface area contributed by atoms with Crippen LogP contribution in [-0.4, -0.2) is 29.3 Å². The quantitative estimate of drug-likeness (QED) is 0.562. The summed E-state index contributed by atoms with van der Waals surface area (Å²) in [6.07, 6.45) is 2.56. The number of methoxy groups -OCH3 is 1. The largest absolute Gasteiger partial charge is 0.477 e. The van der Waals surface area contributed by atoms with E-state index in [0.29, 0.717) is 18.3 Å². The van der Waals surface area contributed by atoms with Crippen molar-refractivity contribution in [3.63, 3.8) is 0 Å². The van der Waals surface area contributed by atoms with Gasteiger partial charge in [-0.05, 0) is 27.2 Å². The smallest absolute Gasteiger partial charge is 0.221 e. The van der Waals surface area contributed by atoms with E-state index in [0.717, 1.165) is 30.7 Å². The van der Waals surface area contributed by atoms with Gasteiger partial charge in [-0.2, -0.15) is 4.98 Å². The predicted molar refractivity (Wildman–Crippen MR) is 79.8 cm³/mol. The minimum Gasteiger partial charge on any atom is -0.477 e. The molecule has 0 fully saturated rings. The van der Waals surface area contributed by atoms with Gasteiger partial charge in [-0.25, -0.2) is 10.8 Å². The van der Waals surface area contributed by atoms with Gasteiger partial charge in [0.25, 0.3) is 0 Å². The van der Waals surface area contributed by atoms with Crippen LogP contribution in [0.4, 0.5) is 5.82 Å². The average Bonchev–Trinajstić information content (AvgIpc) is 2.42. The molecule has 1 aromatic rings. The summed E-state index contributed by atoms with van der Waals surface area (Å²) in [6, 6.07) is 0. The summed E-state index contributed by atoms with van der Waals surface area (Å²) >= 11 is 0. The fourth-order valence-corrected chi connectivity index (χ4v) is 1.65. The first-order valence-electron chi connectivity index (χ1n) is 6.95. The van der Waals surface area contributed by atoms with E-state index in [1.807, 2.05) is 20.8 Å². The number of anilines is 1. The second-order valence-corrected chi connectivity index (χ2v) is 5.38. The Morgan fingerprint density at radius 3 is 2.55 bits per heavy atom. The summed E-state index contributed by atoms with van der Waals surface area (Å²) in [6.45, 7) is 8.56. The molecule has 0 aliphatic carbocycles. The highest BCUT2D eigenvalue weighted by Crippen LogP contribution is 2.23. The topological polar surface area (TPSA) is 82.3 Å². The lowest BCUT2D eigenvalue weighted by molar-refractivity contribution is 0.00500. The lowest BCUT2D eigenvalue weighted by Gasteiger charge is -2.22. The summed E-state index contributed by atoms with van der Waals surface area (Å²) in [4.78, 5) is 8.81. The van der Waals surface area contributed by atoms with Crippen LogP contribution in [0.2, 0.25) is 0 Å². The van der Waals surface area contributed by atoms with Crippen LogP contribution in [0.5, 0.6) is 5.88 Å². The standard InChI is InChI=1S/C14H26N4O2/c1-6-7-11-16-12(18-15)10(2)13(17-11)20-9-8-14(3,4)19-5/h6-9,15H2,1-5H3,(H,16,17,18). The number of hydrogen-bond donors (Lipinski definition) is 2. The molecule has 3 N–H and O–H groups in total. The van der Waals surface area contributed by atoms with Crippen LogP contribution in [0.1, 0.15) is 45.0 Å². The van der Waals surface area contributed by atoms with Gasteiger partial charge in [-0.3, -0.25) is 0 Å². The molecular weight excluding hydrogens is 256 g/mol. The summed E-state index contributed by atoms with van der Waals surface area (Å²) in [7, 11) is 1.70. The van der Waals surface area contributed by atoms with Gasteiger partial charge in [0.2, 0.25) is 5.88 Å². The first kappa shape index (κ1) is 16.7.